The van der Waals surface area contributed by atoms with Gasteiger partial charge in [0.25, 0.3) is 0 Å². The van der Waals surface area contributed by atoms with Crippen LogP contribution in [0.3, 0.4) is 0 Å². The van der Waals surface area contributed by atoms with Crippen LogP contribution in [0.2, 0.25) is 5.02 Å². The molecule has 0 unspecified atom stereocenters. The molecule has 2 rings (SSSR count). The van der Waals surface area contributed by atoms with E-state index in [2.05, 4.69) is 4.37 Å². The quantitative estimate of drug-likeness (QED) is 0.611. The van der Waals surface area contributed by atoms with Gasteiger partial charge in [0.15, 0.2) is 0 Å². The molecule has 0 radical (unpaired) electrons. The molecule has 3 heteroatoms. The van der Waals surface area contributed by atoms with E-state index in [-0.39, 0.29) is 0 Å². The highest BCUT2D eigenvalue weighted by molar-refractivity contribution is 7.13. The zero-order valence-corrected chi connectivity index (χ0v) is 7.54. The number of halogens is 1. The van der Waals surface area contributed by atoms with Gasteiger partial charge >= 0.3 is 0 Å². The van der Waals surface area contributed by atoms with Crippen molar-refractivity contribution in [1.29, 1.82) is 0 Å². The van der Waals surface area contributed by atoms with E-state index in [1.807, 2.05) is 25.1 Å². The smallest absolute Gasteiger partial charge is 0.0604 e. The Morgan fingerprint density at radius 3 is 3.00 bits per heavy atom. The topological polar surface area (TPSA) is 12.9 Å². The predicted molar refractivity (Wildman–Crippen MR) is 49.4 cm³/mol. The van der Waals surface area contributed by atoms with Gasteiger partial charge in [-0.05, 0) is 30.6 Å². The van der Waals surface area contributed by atoms with Crippen LogP contribution in [0.25, 0.3) is 10.1 Å². The molecule has 0 saturated carbocycles. The fourth-order valence-corrected chi connectivity index (χ4v) is 2.28. The van der Waals surface area contributed by atoms with Crippen LogP contribution in [-0.4, -0.2) is 4.37 Å². The Morgan fingerprint density at radius 2 is 2.27 bits per heavy atom. The van der Waals surface area contributed by atoms with E-state index < -0.39 is 0 Å². The lowest BCUT2D eigenvalue weighted by Gasteiger charge is -1.91. The molecule has 0 bridgehead atoms. The summed E-state index contributed by atoms with van der Waals surface area (Å²) < 4.78 is 5.38. The monoisotopic (exact) mass is 183 g/mol. The summed E-state index contributed by atoms with van der Waals surface area (Å²) in [5.74, 6) is 0. The maximum atomic E-state index is 5.97. The standard InChI is InChI=1S/C8H6ClNS/c1-5-8-6(9)3-2-4-7(8)11-10-5/h2-4H,1H3. The number of benzene rings is 1. The van der Waals surface area contributed by atoms with Crippen LogP contribution in [0.5, 0.6) is 0 Å². The van der Waals surface area contributed by atoms with Crippen molar-refractivity contribution < 1.29 is 0 Å². The first-order valence-corrected chi connectivity index (χ1v) is 4.44. The summed E-state index contributed by atoms with van der Waals surface area (Å²) >= 11 is 7.46. The van der Waals surface area contributed by atoms with E-state index in [9.17, 15) is 0 Å². The molecule has 0 spiro atoms. The molecular formula is C8H6ClNS. The SMILES string of the molecule is Cc1nsc2cccc(Cl)c12. The summed E-state index contributed by atoms with van der Waals surface area (Å²) in [6.07, 6.45) is 0. The number of aryl methyl sites for hydroxylation is 1. The molecule has 0 fully saturated rings. The fraction of sp³-hybridized carbons (Fsp3) is 0.125. The zero-order valence-electron chi connectivity index (χ0n) is 5.97. The van der Waals surface area contributed by atoms with Crippen LogP contribution in [0.4, 0.5) is 0 Å². The molecule has 0 aliphatic rings. The van der Waals surface area contributed by atoms with E-state index in [1.165, 1.54) is 11.5 Å². The summed E-state index contributed by atoms with van der Waals surface area (Å²) in [5.41, 5.74) is 1.02. The van der Waals surface area contributed by atoms with Crippen molar-refractivity contribution in [3.63, 3.8) is 0 Å². The number of rotatable bonds is 0. The zero-order chi connectivity index (χ0) is 7.84. The molecule has 0 saturated heterocycles. The summed E-state index contributed by atoms with van der Waals surface area (Å²) in [5, 5.41) is 1.90. The molecule has 11 heavy (non-hydrogen) atoms. The van der Waals surface area contributed by atoms with Gasteiger partial charge < -0.3 is 0 Å². The number of hydrogen-bond acceptors (Lipinski definition) is 2. The van der Waals surface area contributed by atoms with Crippen LogP contribution in [-0.2, 0) is 0 Å². The van der Waals surface area contributed by atoms with E-state index in [4.69, 9.17) is 11.6 Å². The summed E-state index contributed by atoms with van der Waals surface area (Å²) in [7, 11) is 0. The molecule has 1 nitrogen and oxygen atoms in total. The Hall–Kier alpha value is -0.600. The lowest BCUT2D eigenvalue weighted by atomic mass is 10.2. The van der Waals surface area contributed by atoms with Gasteiger partial charge in [0.2, 0.25) is 0 Å². The van der Waals surface area contributed by atoms with E-state index in [1.54, 1.807) is 0 Å². The van der Waals surface area contributed by atoms with Gasteiger partial charge in [0.05, 0.1) is 15.4 Å². The van der Waals surface area contributed by atoms with E-state index in [0.717, 1.165) is 20.8 Å². The third-order valence-corrected chi connectivity index (χ3v) is 2.84. The van der Waals surface area contributed by atoms with Gasteiger partial charge in [-0.25, -0.2) is 0 Å². The predicted octanol–water partition coefficient (Wildman–Crippen LogP) is 3.26. The highest BCUT2D eigenvalue weighted by Gasteiger charge is 2.03. The largest absolute Gasteiger partial charge is 0.197 e. The molecule has 0 aliphatic carbocycles. The van der Waals surface area contributed by atoms with Gasteiger partial charge in [-0.1, -0.05) is 17.7 Å². The van der Waals surface area contributed by atoms with Crippen molar-refractivity contribution in [2.24, 2.45) is 0 Å². The normalized spacial score (nSPS) is 10.7. The molecule has 0 atom stereocenters. The maximum absolute atomic E-state index is 5.97. The summed E-state index contributed by atoms with van der Waals surface area (Å²) in [6, 6.07) is 5.87. The summed E-state index contributed by atoms with van der Waals surface area (Å²) in [4.78, 5) is 0. The first-order valence-electron chi connectivity index (χ1n) is 3.29. The van der Waals surface area contributed by atoms with Crippen molar-refractivity contribution in [2.45, 2.75) is 6.92 Å². The van der Waals surface area contributed by atoms with E-state index in [0.29, 0.717) is 0 Å². The second-order valence-electron chi connectivity index (χ2n) is 2.38. The maximum Gasteiger partial charge on any atom is 0.0604 e. The van der Waals surface area contributed by atoms with Crippen molar-refractivity contribution in [2.75, 3.05) is 0 Å². The minimum atomic E-state index is 0.800. The van der Waals surface area contributed by atoms with Crippen molar-refractivity contribution >= 4 is 33.2 Å². The molecule has 56 valence electrons. The molecule has 0 N–H and O–H groups in total. The van der Waals surface area contributed by atoms with Gasteiger partial charge in [0.1, 0.15) is 0 Å². The van der Waals surface area contributed by atoms with E-state index >= 15 is 0 Å². The Bertz CT molecular complexity index is 394. The second kappa shape index (κ2) is 2.47. The lowest BCUT2D eigenvalue weighted by molar-refractivity contribution is 1.37. The van der Waals surface area contributed by atoms with Crippen LogP contribution >= 0.6 is 23.1 Å². The fourth-order valence-electron chi connectivity index (χ4n) is 1.09. The first kappa shape index (κ1) is 7.07. The van der Waals surface area contributed by atoms with Crippen LogP contribution in [0, 0.1) is 6.92 Å². The molecule has 2 aromatic rings. The minimum absolute atomic E-state index is 0.800. The average molecular weight is 184 g/mol. The number of aromatic nitrogens is 1. The molecule has 0 amide bonds. The summed E-state index contributed by atoms with van der Waals surface area (Å²) in [6.45, 7) is 1.98. The third kappa shape index (κ3) is 1.03. The van der Waals surface area contributed by atoms with Gasteiger partial charge in [-0.2, -0.15) is 4.37 Å². The molecular weight excluding hydrogens is 178 g/mol. The average Bonchev–Trinajstić information content (AvgIpc) is 2.34. The van der Waals surface area contributed by atoms with Crippen LogP contribution in [0.1, 0.15) is 5.69 Å². The first-order chi connectivity index (χ1) is 5.29. The molecule has 0 aliphatic heterocycles. The number of fused-ring (bicyclic) bond motifs is 1. The minimum Gasteiger partial charge on any atom is -0.197 e. The Morgan fingerprint density at radius 1 is 1.45 bits per heavy atom. The number of nitrogens with zero attached hydrogens (tertiary/aromatic N) is 1. The van der Waals surface area contributed by atoms with Crippen molar-refractivity contribution in [1.82, 2.24) is 4.37 Å². The molecule has 1 aromatic heterocycles. The van der Waals surface area contributed by atoms with Gasteiger partial charge in [0, 0.05) is 5.39 Å². The highest BCUT2D eigenvalue weighted by atomic mass is 35.5. The van der Waals surface area contributed by atoms with Gasteiger partial charge in [-0.15, -0.1) is 0 Å². The third-order valence-electron chi connectivity index (χ3n) is 1.62. The van der Waals surface area contributed by atoms with Crippen LogP contribution < -0.4 is 0 Å². The van der Waals surface area contributed by atoms with Crippen LogP contribution in [0.15, 0.2) is 18.2 Å². The molecule has 1 heterocycles. The Kier molecular flexibility index (Phi) is 1.59. The van der Waals surface area contributed by atoms with Crippen molar-refractivity contribution in [3.05, 3.63) is 28.9 Å². The number of hydrogen-bond donors (Lipinski definition) is 0. The Balaban J connectivity index is 2.96. The van der Waals surface area contributed by atoms with Crippen molar-refractivity contribution in [3.8, 4) is 0 Å². The molecule has 1 aromatic carbocycles. The Labute approximate surface area is 73.8 Å². The second-order valence-corrected chi connectivity index (χ2v) is 3.59. The highest BCUT2D eigenvalue weighted by Crippen LogP contribution is 2.28. The lowest BCUT2D eigenvalue weighted by Crippen LogP contribution is -1.70. The van der Waals surface area contributed by atoms with Gasteiger partial charge in [-0.3, -0.25) is 0 Å².